The van der Waals surface area contributed by atoms with Gasteiger partial charge in [0.15, 0.2) is 0 Å². The minimum atomic E-state index is -0.376. The minimum absolute atomic E-state index is 0.376. The van der Waals surface area contributed by atoms with E-state index in [1.165, 1.54) is 70.6 Å². The first-order chi connectivity index (χ1) is 18.7. The van der Waals surface area contributed by atoms with Gasteiger partial charge in [-0.15, -0.1) is 6.58 Å². The van der Waals surface area contributed by atoms with Crippen molar-refractivity contribution >= 4 is 5.97 Å². The quantitative estimate of drug-likeness (QED) is 0.0849. The average Bonchev–Trinajstić information content (AvgIpc) is 2.94. The number of unbranched alkanes of at least 4 members (excludes halogenated alkanes) is 5. The summed E-state index contributed by atoms with van der Waals surface area (Å²) in [6, 6.07) is 14.5. The van der Waals surface area contributed by atoms with Gasteiger partial charge in [0.05, 0.1) is 18.8 Å². The van der Waals surface area contributed by atoms with Gasteiger partial charge in [-0.25, -0.2) is 4.79 Å². The number of hydrogen-bond donors (Lipinski definition) is 0. The molecule has 208 valence electrons. The maximum Gasteiger partial charge on any atom is 0.343 e. The third-order valence-corrected chi connectivity index (χ3v) is 7.66. The molecular formula is C34H48O4. The second-order valence-corrected chi connectivity index (χ2v) is 10.7. The van der Waals surface area contributed by atoms with Crippen molar-refractivity contribution in [2.45, 2.75) is 96.8 Å². The lowest BCUT2D eigenvalue weighted by Crippen LogP contribution is -2.20. The Kier molecular flexibility index (Phi) is 13.9. The second kappa shape index (κ2) is 17.7. The van der Waals surface area contributed by atoms with Gasteiger partial charge in [0.2, 0.25) is 0 Å². The first kappa shape index (κ1) is 29.8. The van der Waals surface area contributed by atoms with Crippen LogP contribution in [-0.2, 0) is 0 Å². The smallest absolute Gasteiger partial charge is 0.343 e. The van der Waals surface area contributed by atoms with Crippen LogP contribution in [0.2, 0.25) is 0 Å². The molecule has 0 spiro atoms. The Bertz CT molecular complexity index is 917. The third-order valence-electron chi connectivity index (χ3n) is 7.66. The molecule has 38 heavy (non-hydrogen) atoms. The largest absolute Gasteiger partial charge is 0.494 e. The van der Waals surface area contributed by atoms with Crippen LogP contribution >= 0.6 is 0 Å². The van der Waals surface area contributed by atoms with Gasteiger partial charge in [0.1, 0.15) is 17.2 Å². The zero-order chi connectivity index (χ0) is 26.8. The highest BCUT2D eigenvalue weighted by molar-refractivity contribution is 5.91. The Balaban J connectivity index is 1.32. The Morgan fingerprint density at radius 2 is 1.32 bits per heavy atom. The summed E-state index contributed by atoms with van der Waals surface area (Å²) in [6.45, 7) is 7.49. The summed E-state index contributed by atoms with van der Waals surface area (Å²) in [5.41, 5.74) is 0.504. The number of allylic oxidation sites excluding steroid dienone is 1. The van der Waals surface area contributed by atoms with Crippen molar-refractivity contribution in [2.75, 3.05) is 13.2 Å². The number of carbonyl (C=O) groups excluding carboxylic acids is 1. The van der Waals surface area contributed by atoms with E-state index in [2.05, 4.69) is 13.5 Å². The SMILES string of the molecule is C=CCCCCCCCOc1ccc(C(=O)Oc2ccc(OCCCC3CCCCC3CCC)cc2)cc1. The molecule has 1 saturated carbocycles. The predicted octanol–water partition coefficient (Wildman–Crippen LogP) is 9.58. The van der Waals surface area contributed by atoms with Gasteiger partial charge in [-0.05, 0) is 92.5 Å². The number of ether oxygens (including phenoxy) is 3. The van der Waals surface area contributed by atoms with Crippen LogP contribution < -0.4 is 14.2 Å². The van der Waals surface area contributed by atoms with Crippen molar-refractivity contribution < 1.29 is 19.0 Å². The van der Waals surface area contributed by atoms with E-state index in [4.69, 9.17) is 14.2 Å². The van der Waals surface area contributed by atoms with E-state index < -0.39 is 0 Å². The van der Waals surface area contributed by atoms with Crippen LogP contribution in [0.25, 0.3) is 0 Å². The first-order valence-corrected chi connectivity index (χ1v) is 15.0. The van der Waals surface area contributed by atoms with Crippen molar-refractivity contribution in [3.63, 3.8) is 0 Å². The molecule has 0 radical (unpaired) electrons. The van der Waals surface area contributed by atoms with Gasteiger partial charge in [-0.3, -0.25) is 0 Å². The fourth-order valence-corrected chi connectivity index (χ4v) is 5.52. The van der Waals surface area contributed by atoms with Gasteiger partial charge in [-0.1, -0.05) is 70.8 Å². The maximum atomic E-state index is 12.6. The van der Waals surface area contributed by atoms with E-state index in [0.29, 0.717) is 17.9 Å². The first-order valence-electron chi connectivity index (χ1n) is 15.0. The zero-order valence-corrected chi connectivity index (χ0v) is 23.5. The Morgan fingerprint density at radius 1 is 0.763 bits per heavy atom. The van der Waals surface area contributed by atoms with Crippen molar-refractivity contribution in [1.29, 1.82) is 0 Å². The molecule has 4 heteroatoms. The van der Waals surface area contributed by atoms with Crippen LogP contribution in [0.15, 0.2) is 61.2 Å². The molecule has 0 aliphatic heterocycles. The summed E-state index contributed by atoms with van der Waals surface area (Å²) in [5, 5.41) is 0. The molecular weight excluding hydrogens is 472 g/mol. The normalized spacial score (nSPS) is 17.1. The second-order valence-electron chi connectivity index (χ2n) is 10.7. The Hall–Kier alpha value is -2.75. The number of benzene rings is 2. The number of carbonyl (C=O) groups is 1. The lowest BCUT2D eigenvalue weighted by molar-refractivity contribution is 0.0734. The third kappa shape index (κ3) is 10.9. The summed E-state index contributed by atoms with van der Waals surface area (Å²) >= 11 is 0. The summed E-state index contributed by atoms with van der Waals surface area (Å²) in [5.74, 6) is 3.52. The molecule has 2 aromatic carbocycles. The summed E-state index contributed by atoms with van der Waals surface area (Å²) in [7, 11) is 0. The van der Waals surface area contributed by atoms with Gasteiger partial charge >= 0.3 is 5.97 Å². The molecule has 1 aliphatic rings. The van der Waals surface area contributed by atoms with Crippen molar-refractivity contribution in [2.24, 2.45) is 11.8 Å². The standard InChI is InChI=1S/C34H48O4/c1-3-5-6-7-8-9-12-26-36-31-20-18-30(19-21-31)34(35)38-33-24-22-32(23-25-33)37-27-13-17-29-16-11-10-15-28(29)14-4-2/h3,18-25,28-29H,1,4-17,26-27H2,2H3. The van der Waals surface area contributed by atoms with Gasteiger partial charge < -0.3 is 14.2 Å². The van der Waals surface area contributed by atoms with E-state index in [9.17, 15) is 4.79 Å². The highest BCUT2D eigenvalue weighted by Gasteiger charge is 2.23. The molecule has 1 aliphatic carbocycles. The van der Waals surface area contributed by atoms with E-state index in [1.54, 1.807) is 24.3 Å². The topological polar surface area (TPSA) is 44.8 Å². The van der Waals surface area contributed by atoms with E-state index in [-0.39, 0.29) is 5.97 Å². The average molecular weight is 521 g/mol. The summed E-state index contributed by atoms with van der Waals surface area (Å²) < 4.78 is 17.3. The predicted molar refractivity (Wildman–Crippen MR) is 156 cm³/mol. The molecule has 2 atom stereocenters. The molecule has 1 fully saturated rings. The molecule has 4 nitrogen and oxygen atoms in total. The summed E-state index contributed by atoms with van der Waals surface area (Å²) in [6.07, 6.45) is 19.6. The minimum Gasteiger partial charge on any atom is -0.494 e. The molecule has 0 heterocycles. The van der Waals surface area contributed by atoms with Crippen LogP contribution in [0.3, 0.4) is 0 Å². The van der Waals surface area contributed by atoms with Crippen molar-refractivity contribution in [3.8, 4) is 17.2 Å². The highest BCUT2D eigenvalue weighted by Crippen LogP contribution is 2.36. The Labute approximate surface area is 230 Å². The Morgan fingerprint density at radius 3 is 1.97 bits per heavy atom. The van der Waals surface area contributed by atoms with Crippen LogP contribution in [0.1, 0.15) is 107 Å². The summed E-state index contributed by atoms with van der Waals surface area (Å²) in [4.78, 5) is 12.6. The molecule has 0 amide bonds. The molecule has 2 unspecified atom stereocenters. The lowest BCUT2D eigenvalue weighted by atomic mass is 9.75. The monoisotopic (exact) mass is 520 g/mol. The number of hydrogen-bond acceptors (Lipinski definition) is 4. The molecule has 0 saturated heterocycles. The van der Waals surface area contributed by atoms with E-state index >= 15 is 0 Å². The zero-order valence-electron chi connectivity index (χ0n) is 23.5. The number of esters is 1. The van der Waals surface area contributed by atoms with Crippen LogP contribution in [0, 0.1) is 11.8 Å². The van der Waals surface area contributed by atoms with E-state index in [0.717, 1.165) is 49.2 Å². The molecule has 0 aromatic heterocycles. The fraction of sp³-hybridized carbons (Fsp3) is 0.559. The van der Waals surface area contributed by atoms with Gasteiger partial charge in [-0.2, -0.15) is 0 Å². The van der Waals surface area contributed by atoms with Gasteiger partial charge in [0, 0.05) is 0 Å². The fourth-order valence-electron chi connectivity index (χ4n) is 5.52. The molecule has 2 aromatic rings. The molecule has 3 rings (SSSR count). The molecule has 0 bridgehead atoms. The highest BCUT2D eigenvalue weighted by atomic mass is 16.5. The van der Waals surface area contributed by atoms with E-state index in [1.807, 2.05) is 30.3 Å². The van der Waals surface area contributed by atoms with Crippen LogP contribution in [0.5, 0.6) is 17.2 Å². The number of rotatable bonds is 18. The molecule has 0 N–H and O–H groups in total. The van der Waals surface area contributed by atoms with Crippen LogP contribution in [-0.4, -0.2) is 19.2 Å². The van der Waals surface area contributed by atoms with Crippen molar-refractivity contribution in [3.05, 3.63) is 66.7 Å². The van der Waals surface area contributed by atoms with Crippen LogP contribution in [0.4, 0.5) is 0 Å². The maximum absolute atomic E-state index is 12.6. The van der Waals surface area contributed by atoms with Crippen molar-refractivity contribution in [1.82, 2.24) is 0 Å². The lowest BCUT2D eigenvalue weighted by Gasteiger charge is -2.31. The van der Waals surface area contributed by atoms with Gasteiger partial charge in [0.25, 0.3) is 0 Å².